The fourth-order valence-corrected chi connectivity index (χ4v) is 2.90. The van der Waals surface area contributed by atoms with Gasteiger partial charge in [0.2, 0.25) is 0 Å². The third-order valence-electron chi connectivity index (χ3n) is 4.56. The van der Waals surface area contributed by atoms with Gasteiger partial charge in [0, 0.05) is 39.8 Å². The smallest absolute Gasteiger partial charge is 0.253 e. The molecule has 158 valence electrons. The molecular formula is C22H32IN5O. The van der Waals surface area contributed by atoms with Gasteiger partial charge in [0.05, 0.1) is 6.04 Å². The Balaban J connectivity index is 0.00000420. The number of nitrogens with one attached hydrogen (secondary N) is 2. The molecule has 1 atom stereocenters. The molecule has 7 heteroatoms. The molecule has 0 bridgehead atoms. The average Bonchev–Trinajstić information content (AvgIpc) is 2.70. The Hall–Kier alpha value is -2.13. The van der Waals surface area contributed by atoms with Crippen LogP contribution in [0.3, 0.4) is 0 Å². The molecule has 0 saturated carbocycles. The van der Waals surface area contributed by atoms with Crippen LogP contribution in [0.4, 0.5) is 0 Å². The van der Waals surface area contributed by atoms with Crippen molar-refractivity contribution in [2.45, 2.75) is 12.6 Å². The molecule has 29 heavy (non-hydrogen) atoms. The van der Waals surface area contributed by atoms with Crippen LogP contribution < -0.4 is 10.6 Å². The van der Waals surface area contributed by atoms with E-state index in [2.05, 4.69) is 58.9 Å². The lowest BCUT2D eigenvalue weighted by Gasteiger charge is -2.26. The molecule has 0 aliphatic heterocycles. The molecule has 2 rings (SSSR count). The highest BCUT2D eigenvalue weighted by Crippen LogP contribution is 2.16. The van der Waals surface area contributed by atoms with Gasteiger partial charge >= 0.3 is 0 Å². The van der Waals surface area contributed by atoms with Gasteiger partial charge in [-0.05, 0) is 37.4 Å². The van der Waals surface area contributed by atoms with Crippen molar-refractivity contribution in [3.8, 4) is 0 Å². The van der Waals surface area contributed by atoms with E-state index in [0.29, 0.717) is 12.1 Å². The molecule has 6 nitrogen and oxygen atoms in total. The number of rotatable bonds is 7. The first-order valence-electron chi connectivity index (χ1n) is 9.39. The summed E-state index contributed by atoms with van der Waals surface area (Å²) in [6.45, 7) is 1.38. The molecule has 0 aliphatic rings. The third-order valence-corrected chi connectivity index (χ3v) is 4.56. The lowest BCUT2D eigenvalue weighted by molar-refractivity contribution is 0.0827. The number of likely N-dealkylation sites (N-methyl/N-ethyl adjacent to an activating group) is 1. The van der Waals surface area contributed by atoms with Crippen molar-refractivity contribution in [1.29, 1.82) is 0 Å². The SMILES string of the molecule is CN=C(NCc1ccc(C(=O)N(C)C)cc1)NCC(c1ccccc1)N(C)C.I. The lowest BCUT2D eigenvalue weighted by Crippen LogP contribution is -2.41. The molecule has 0 saturated heterocycles. The van der Waals surface area contributed by atoms with E-state index in [4.69, 9.17) is 0 Å². The van der Waals surface area contributed by atoms with E-state index >= 15 is 0 Å². The first-order valence-corrected chi connectivity index (χ1v) is 9.39. The van der Waals surface area contributed by atoms with Gasteiger partial charge in [0.1, 0.15) is 0 Å². The van der Waals surface area contributed by atoms with Crippen LogP contribution in [0.1, 0.15) is 27.5 Å². The molecule has 0 aliphatic carbocycles. The van der Waals surface area contributed by atoms with Crippen LogP contribution in [-0.4, -0.2) is 63.4 Å². The second-order valence-electron chi connectivity index (χ2n) is 7.09. The zero-order valence-electron chi connectivity index (χ0n) is 17.8. The molecule has 0 heterocycles. The number of hydrogen-bond acceptors (Lipinski definition) is 3. The second-order valence-corrected chi connectivity index (χ2v) is 7.09. The van der Waals surface area contributed by atoms with Crippen molar-refractivity contribution in [1.82, 2.24) is 20.4 Å². The van der Waals surface area contributed by atoms with Crippen molar-refractivity contribution >= 4 is 35.8 Å². The van der Waals surface area contributed by atoms with Crippen LogP contribution in [0.15, 0.2) is 59.6 Å². The summed E-state index contributed by atoms with van der Waals surface area (Å²) in [6.07, 6.45) is 0. The number of carbonyl (C=O) groups excluding carboxylic acids is 1. The Bertz CT molecular complexity index is 776. The maximum Gasteiger partial charge on any atom is 0.253 e. The number of benzene rings is 2. The Kier molecular flexibility index (Phi) is 10.7. The van der Waals surface area contributed by atoms with E-state index in [1.807, 2.05) is 30.3 Å². The molecule has 2 aromatic carbocycles. The highest BCUT2D eigenvalue weighted by Gasteiger charge is 2.14. The quantitative estimate of drug-likeness (QED) is 0.343. The highest BCUT2D eigenvalue weighted by atomic mass is 127. The Morgan fingerprint density at radius 3 is 2.10 bits per heavy atom. The maximum atomic E-state index is 12.0. The fraction of sp³-hybridized carbons (Fsp3) is 0.364. The zero-order valence-corrected chi connectivity index (χ0v) is 20.2. The molecule has 2 aromatic rings. The highest BCUT2D eigenvalue weighted by molar-refractivity contribution is 14.0. The number of aliphatic imine (C=N–C) groups is 1. The van der Waals surface area contributed by atoms with Crippen molar-refractivity contribution in [3.05, 3.63) is 71.3 Å². The van der Waals surface area contributed by atoms with Crippen LogP contribution >= 0.6 is 24.0 Å². The number of amides is 1. The number of hydrogen-bond donors (Lipinski definition) is 2. The van der Waals surface area contributed by atoms with Gasteiger partial charge in [-0.2, -0.15) is 0 Å². The van der Waals surface area contributed by atoms with Gasteiger partial charge in [0.15, 0.2) is 5.96 Å². The van der Waals surface area contributed by atoms with Crippen LogP contribution in [0.2, 0.25) is 0 Å². The average molecular weight is 509 g/mol. The number of carbonyl (C=O) groups is 1. The lowest BCUT2D eigenvalue weighted by atomic mass is 10.1. The van der Waals surface area contributed by atoms with Crippen LogP contribution in [0.25, 0.3) is 0 Å². The largest absolute Gasteiger partial charge is 0.354 e. The minimum absolute atomic E-state index is 0. The summed E-state index contributed by atoms with van der Waals surface area (Å²) in [6, 6.07) is 18.3. The molecule has 2 N–H and O–H groups in total. The summed E-state index contributed by atoms with van der Waals surface area (Å²) in [7, 11) is 9.42. The Morgan fingerprint density at radius 2 is 1.59 bits per heavy atom. The first-order chi connectivity index (χ1) is 13.4. The van der Waals surface area contributed by atoms with Crippen molar-refractivity contribution in [2.75, 3.05) is 41.8 Å². The molecule has 0 fully saturated rings. The molecule has 0 aromatic heterocycles. The predicted molar refractivity (Wildman–Crippen MR) is 131 cm³/mol. The van der Waals surface area contributed by atoms with E-state index in [1.54, 1.807) is 26.0 Å². The summed E-state index contributed by atoms with van der Waals surface area (Å²) in [5, 5.41) is 6.73. The van der Waals surface area contributed by atoms with Gasteiger partial charge in [0.25, 0.3) is 5.91 Å². The zero-order chi connectivity index (χ0) is 20.5. The van der Waals surface area contributed by atoms with Gasteiger partial charge in [-0.3, -0.25) is 9.79 Å². The maximum absolute atomic E-state index is 12.0. The van der Waals surface area contributed by atoms with Crippen molar-refractivity contribution in [2.24, 2.45) is 4.99 Å². The Morgan fingerprint density at radius 1 is 0.966 bits per heavy atom. The van der Waals surface area contributed by atoms with Crippen LogP contribution in [0.5, 0.6) is 0 Å². The van der Waals surface area contributed by atoms with Crippen LogP contribution in [-0.2, 0) is 6.54 Å². The van der Waals surface area contributed by atoms with Gasteiger partial charge in [-0.1, -0.05) is 42.5 Å². The van der Waals surface area contributed by atoms with E-state index in [0.717, 1.165) is 18.1 Å². The molecular weight excluding hydrogens is 477 g/mol. The van der Waals surface area contributed by atoms with Crippen molar-refractivity contribution in [3.63, 3.8) is 0 Å². The van der Waals surface area contributed by atoms with E-state index < -0.39 is 0 Å². The van der Waals surface area contributed by atoms with Crippen LogP contribution in [0, 0.1) is 0 Å². The first kappa shape index (κ1) is 24.9. The topological polar surface area (TPSA) is 60.0 Å². The summed E-state index contributed by atoms with van der Waals surface area (Å²) in [5.41, 5.74) is 3.04. The summed E-state index contributed by atoms with van der Waals surface area (Å²) < 4.78 is 0. The van der Waals surface area contributed by atoms with E-state index in [9.17, 15) is 4.79 Å². The number of guanidine groups is 1. The molecule has 1 unspecified atom stereocenters. The summed E-state index contributed by atoms with van der Waals surface area (Å²) >= 11 is 0. The normalized spacial score (nSPS) is 12.1. The van der Waals surface area contributed by atoms with E-state index in [-0.39, 0.29) is 35.9 Å². The van der Waals surface area contributed by atoms with E-state index in [1.165, 1.54) is 5.56 Å². The Labute approximate surface area is 191 Å². The van der Waals surface area contributed by atoms with Gasteiger partial charge < -0.3 is 20.4 Å². The monoisotopic (exact) mass is 509 g/mol. The molecule has 1 amide bonds. The minimum atomic E-state index is 0. The number of nitrogens with zero attached hydrogens (tertiary/aromatic N) is 3. The standard InChI is InChI=1S/C22H31N5O.HI/c1-23-22(25-16-20(26(2)3)18-9-7-6-8-10-18)24-15-17-11-13-19(14-12-17)21(28)27(4)5;/h6-14,20H,15-16H2,1-5H3,(H2,23,24,25);1H. The minimum Gasteiger partial charge on any atom is -0.354 e. The second kappa shape index (κ2) is 12.4. The fourth-order valence-electron chi connectivity index (χ4n) is 2.90. The summed E-state index contributed by atoms with van der Waals surface area (Å²) in [4.78, 5) is 20.0. The summed E-state index contributed by atoms with van der Waals surface area (Å²) in [5.74, 6) is 0.754. The molecule has 0 radical (unpaired) electrons. The van der Waals surface area contributed by atoms with Gasteiger partial charge in [-0.15, -0.1) is 24.0 Å². The van der Waals surface area contributed by atoms with Crippen molar-refractivity contribution < 1.29 is 4.79 Å². The molecule has 0 spiro atoms. The third kappa shape index (κ3) is 7.66. The van der Waals surface area contributed by atoms with Gasteiger partial charge in [-0.25, -0.2) is 0 Å². The number of halogens is 1. The predicted octanol–water partition coefficient (Wildman–Crippen LogP) is 2.97.